The van der Waals surface area contributed by atoms with Crippen molar-refractivity contribution in [3.05, 3.63) is 0 Å². The Morgan fingerprint density at radius 2 is 2.14 bits per heavy atom. The second kappa shape index (κ2) is 3.14. The summed E-state index contributed by atoms with van der Waals surface area (Å²) in [5.74, 6) is 0. The van der Waals surface area contributed by atoms with Crippen molar-refractivity contribution in [2.45, 2.75) is 37.1 Å². The highest BCUT2D eigenvalue weighted by molar-refractivity contribution is 7.80. The number of aliphatic hydroxyl groups is 1. The van der Waals surface area contributed by atoms with Crippen LogP contribution in [0.15, 0.2) is 0 Å². The number of aliphatic hydroxyl groups excluding tert-OH is 1. The van der Waals surface area contributed by atoms with Crippen LogP contribution in [0, 0.1) is 0 Å². The standard InChI is InChI=1S/C7H12O6S/c8-5-1-2-12-7(3-5)4-6(7)13-14(9,10)11/h5-6,8H,1-4H2,(H,9,10,11)/t5-,6-,7?/m1/s1. The summed E-state index contributed by atoms with van der Waals surface area (Å²) in [7, 11) is -4.42. The molecule has 1 aliphatic carbocycles. The third-order valence-corrected chi connectivity index (χ3v) is 3.09. The van der Waals surface area contributed by atoms with E-state index in [1.54, 1.807) is 0 Å². The van der Waals surface area contributed by atoms with Gasteiger partial charge in [0.05, 0.1) is 6.10 Å². The minimum atomic E-state index is -4.42. The monoisotopic (exact) mass is 224 g/mol. The number of rotatable bonds is 2. The largest absolute Gasteiger partial charge is 0.397 e. The summed E-state index contributed by atoms with van der Waals surface area (Å²) in [5, 5.41) is 9.35. The van der Waals surface area contributed by atoms with Crippen LogP contribution in [0.4, 0.5) is 0 Å². The molecular weight excluding hydrogens is 212 g/mol. The Balaban J connectivity index is 1.96. The van der Waals surface area contributed by atoms with Crippen molar-refractivity contribution in [1.29, 1.82) is 0 Å². The van der Waals surface area contributed by atoms with Crippen molar-refractivity contribution in [3.8, 4) is 0 Å². The SMILES string of the molecule is O=S(=O)(O)O[C@@H]1CC12C[C@H](O)CCO2. The van der Waals surface area contributed by atoms with Gasteiger partial charge in [0.15, 0.2) is 0 Å². The van der Waals surface area contributed by atoms with Crippen molar-refractivity contribution in [1.82, 2.24) is 0 Å². The molecule has 2 N–H and O–H groups in total. The van der Waals surface area contributed by atoms with Crippen LogP contribution in [-0.2, 0) is 19.3 Å². The van der Waals surface area contributed by atoms with Gasteiger partial charge in [-0.1, -0.05) is 0 Å². The third-order valence-electron chi connectivity index (χ3n) is 2.62. The Hall–Kier alpha value is -0.210. The number of hydrogen-bond donors (Lipinski definition) is 2. The van der Waals surface area contributed by atoms with Gasteiger partial charge in [0, 0.05) is 19.4 Å². The molecule has 1 saturated carbocycles. The maximum atomic E-state index is 10.4. The van der Waals surface area contributed by atoms with Gasteiger partial charge in [-0.05, 0) is 6.42 Å². The lowest BCUT2D eigenvalue weighted by atomic mass is 10.0. The second-order valence-corrected chi connectivity index (χ2v) is 4.82. The van der Waals surface area contributed by atoms with E-state index in [0.717, 1.165) is 0 Å². The van der Waals surface area contributed by atoms with E-state index >= 15 is 0 Å². The second-order valence-electron chi connectivity index (χ2n) is 3.78. The molecule has 1 unspecified atom stereocenters. The van der Waals surface area contributed by atoms with Crippen molar-refractivity contribution in [3.63, 3.8) is 0 Å². The van der Waals surface area contributed by atoms with Crippen LogP contribution >= 0.6 is 0 Å². The molecule has 0 radical (unpaired) electrons. The summed E-state index contributed by atoms with van der Waals surface area (Å²) in [4.78, 5) is 0. The molecular formula is C7H12O6S. The number of ether oxygens (including phenoxy) is 1. The fourth-order valence-corrected chi connectivity index (χ4v) is 2.39. The van der Waals surface area contributed by atoms with E-state index in [-0.39, 0.29) is 0 Å². The molecule has 0 bridgehead atoms. The van der Waals surface area contributed by atoms with Gasteiger partial charge in [0.1, 0.15) is 11.7 Å². The molecule has 6 nitrogen and oxygen atoms in total. The van der Waals surface area contributed by atoms with Crippen molar-refractivity contribution < 1.29 is 27.0 Å². The van der Waals surface area contributed by atoms with E-state index in [4.69, 9.17) is 9.29 Å². The molecule has 2 rings (SSSR count). The molecule has 1 heterocycles. The molecule has 0 aromatic rings. The minimum absolute atomic E-state index is 0.368. The van der Waals surface area contributed by atoms with E-state index in [1.165, 1.54) is 0 Å². The smallest absolute Gasteiger partial charge is 0.393 e. The Morgan fingerprint density at radius 1 is 1.43 bits per heavy atom. The first-order chi connectivity index (χ1) is 6.41. The van der Waals surface area contributed by atoms with Gasteiger partial charge in [-0.2, -0.15) is 8.42 Å². The van der Waals surface area contributed by atoms with Crippen LogP contribution in [0.3, 0.4) is 0 Å². The Kier molecular flexibility index (Phi) is 2.31. The van der Waals surface area contributed by atoms with Crippen LogP contribution in [-0.4, -0.2) is 42.5 Å². The summed E-state index contributed by atoms with van der Waals surface area (Å²) < 4.78 is 39.0. The quantitative estimate of drug-likeness (QED) is 0.613. The Labute approximate surface area is 81.8 Å². The van der Waals surface area contributed by atoms with Crippen LogP contribution in [0.25, 0.3) is 0 Å². The average Bonchev–Trinajstić information content (AvgIpc) is 2.57. The minimum Gasteiger partial charge on any atom is -0.393 e. The normalized spacial score (nSPS) is 42.7. The van der Waals surface area contributed by atoms with Crippen LogP contribution in [0.1, 0.15) is 19.3 Å². The zero-order chi connectivity index (χ0) is 10.4. The fourth-order valence-electron chi connectivity index (χ4n) is 1.85. The molecule has 2 aliphatic rings. The maximum Gasteiger partial charge on any atom is 0.397 e. The fraction of sp³-hybridized carbons (Fsp3) is 1.00. The first-order valence-corrected chi connectivity index (χ1v) is 5.75. The van der Waals surface area contributed by atoms with Crippen molar-refractivity contribution in [2.24, 2.45) is 0 Å². The van der Waals surface area contributed by atoms with Gasteiger partial charge in [-0.25, -0.2) is 4.18 Å². The van der Waals surface area contributed by atoms with E-state index < -0.39 is 28.2 Å². The number of hydrogen-bond acceptors (Lipinski definition) is 5. The summed E-state index contributed by atoms with van der Waals surface area (Å²) in [6, 6.07) is 0. The third kappa shape index (κ3) is 2.06. The molecule has 1 spiro atoms. The van der Waals surface area contributed by atoms with Crippen LogP contribution < -0.4 is 0 Å². The molecule has 0 aromatic heterocycles. The first-order valence-electron chi connectivity index (χ1n) is 4.39. The van der Waals surface area contributed by atoms with Gasteiger partial charge < -0.3 is 9.84 Å². The van der Waals surface area contributed by atoms with Gasteiger partial charge >= 0.3 is 10.4 Å². The lowest BCUT2D eigenvalue weighted by Crippen LogP contribution is -2.34. The van der Waals surface area contributed by atoms with Crippen molar-refractivity contribution in [2.75, 3.05) is 6.61 Å². The van der Waals surface area contributed by atoms with Gasteiger partial charge in [-0.3, -0.25) is 4.55 Å². The zero-order valence-corrected chi connectivity index (χ0v) is 8.24. The van der Waals surface area contributed by atoms with Gasteiger partial charge in [0.25, 0.3) is 0 Å². The average molecular weight is 224 g/mol. The topological polar surface area (TPSA) is 93.1 Å². The molecule has 1 aliphatic heterocycles. The highest BCUT2D eigenvalue weighted by atomic mass is 32.3. The lowest BCUT2D eigenvalue weighted by molar-refractivity contribution is -0.0757. The summed E-state index contributed by atoms with van der Waals surface area (Å²) in [6.45, 7) is 0.395. The van der Waals surface area contributed by atoms with Gasteiger partial charge in [0.2, 0.25) is 0 Å². The Bertz CT molecular complexity index is 325. The van der Waals surface area contributed by atoms with E-state index in [2.05, 4.69) is 4.18 Å². The van der Waals surface area contributed by atoms with E-state index in [9.17, 15) is 13.5 Å². The molecule has 2 fully saturated rings. The Morgan fingerprint density at radius 3 is 2.71 bits per heavy atom. The molecule has 14 heavy (non-hydrogen) atoms. The molecule has 3 atom stereocenters. The molecule has 1 saturated heterocycles. The summed E-state index contributed by atoms with van der Waals surface area (Å²) in [5.41, 5.74) is -0.687. The van der Waals surface area contributed by atoms with E-state index in [0.29, 0.717) is 25.9 Å². The zero-order valence-electron chi connectivity index (χ0n) is 7.42. The molecule has 0 aromatic carbocycles. The molecule has 82 valence electrons. The highest BCUT2D eigenvalue weighted by Crippen LogP contribution is 2.49. The predicted octanol–water partition coefficient (Wildman–Crippen LogP) is -0.512. The molecule has 7 heteroatoms. The first kappa shape index (κ1) is 10.3. The van der Waals surface area contributed by atoms with Crippen LogP contribution in [0.2, 0.25) is 0 Å². The molecule has 0 amide bonds. The van der Waals surface area contributed by atoms with Gasteiger partial charge in [-0.15, -0.1) is 0 Å². The van der Waals surface area contributed by atoms with Crippen molar-refractivity contribution >= 4 is 10.4 Å². The lowest BCUT2D eigenvalue weighted by Gasteiger charge is -2.26. The van der Waals surface area contributed by atoms with Crippen LogP contribution in [0.5, 0.6) is 0 Å². The highest BCUT2D eigenvalue weighted by Gasteiger charge is 2.60. The predicted molar refractivity (Wildman–Crippen MR) is 45.0 cm³/mol. The summed E-state index contributed by atoms with van der Waals surface area (Å²) in [6.07, 6.45) is 0.211. The maximum absolute atomic E-state index is 10.4. The van der Waals surface area contributed by atoms with E-state index in [1.807, 2.05) is 0 Å². The summed E-state index contributed by atoms with van der Waals surface area (Å²) >= 11 is 0.